The maximum absolute atomic E-state index is 13.1. The first-order valence-corrected chi connectivity index (χ1v) is 12.4. The highest BCUT2D eigenvalue weighted by molar-refractivity contribution is 6.83. The zero-order chi connectivity index (χ0) is 20.5. The Balaban J connectivity index is 2.23. The lowest BCUT2D eigenvalue weighted by Gasteiger charge is -2.19. The normalized spacial score (nSPS) is 12.2. The second-order valence-corrected chi connectivity index (χ2v) is 12.2. The predicted molar refractivity (Wildman–Crippen MR) is 106 cm³/mol. The Labute approximate surface area is 161 Å². The van der Waals surface area contributed by atoms with Crippen LogP contribution in [0.25, 0.3) is 16.7 Å². The van der Waals surface area contributed by atoms with Gasteiger partial charge in [-0.15, -0.1) is 5.54 Å². The van der Waals surface area contributed by atoms with Gasteiger partial charge < -0.3 is 5.11 Å². The quantitative estimate of drug-likeness (QED) is 0.405. The van der Waals surface area contributed by atoms with Crippen molar-refractivity contribution < 1.29 is 18.3 Å². The minimum atomic E-state index is -4.45. The third-order valence-electron chi connectivity index (χ3n) is 3.99. The first-order valence-electron chi connectivity index (χ1n) is 8.85. The molecule has 148 valence electrons. The van der Waals surface area contributed by atoms with Crippen molar-refractivity contribution in [3.8, 4) is 11.6 Å². The van der Waals surface area contributed by atoms with Gasteiger partial charge in [-0.05, 0) is 24.6 Å². The van der Waals surface area contributed by atoms with Crippen LogP contribution in [0.15, 0.2) is 30.6 Å². The molecule has 3 aromatic rings. The van der Waals surface area contributed by atoms with Crippen LogP contribution in [0.1, 0.15) is 12.0 Å². The molecule has 1 N–H and O–H groups in total. The standard InChI is InChI=1S/C19H21F3N4OSi/c1-28(2,3)12-10-25(8-4-11-27)18-17-23-7-9-26(17)16-6-5-14(19(20,21)22)13-15(16)24-18/h5-7,9,13,27H,4,8,11H2,1-3H3. The molecule has 5 nitrogen and oxygen atoms in total. The summed E-state index contributed by atoms with van der Waals surface area (Å²) < 4.78 is 41.1. The van der Waals surface area contributed by atoms with Crippen LogP contribution in [0, 0.1) is 11.6 Å². The minimum Gasteiger partial charge on any atom is -0.396 e. The summed E-state index contributed by atoms with van der Waals surface area (Å²) >= 11 is 0. The summed E-state index contributed by atoms with van der Waals surface area (Å²) in [7, 11) is -1.70. The highest BCUT2D eigenvalue weighted by Crippen LogP contribution is 2.32. The molecule has 0 bridgehead atoms. The van der Waals surface area contributed by atoms with Crippen molar-refractivity contribution >= 4 is 30.6 Å². The van der Waals surface area contributed by atoms with Crippen LogP contribution in [-0.2, 0) is 6.18 Å². The average Bonchev–Trinajstić information content (AvgIpc) is 3.09. The number of fused-ring (bicyclic) bond motifs is 3. The van der Waals surface area contributed by atoms with Gasteiger partial charge in [-0.2, -0.15) is 13.2 Å². The van der Waals surface area contributed by atoms with Crippen LogP contribution in [0.3, 0.4) is 0 Å². The first-order chi connectivity index (χ1) is 13.1. The van der Waals surface area contributed by atoms with Crippen molar-refractivity contribution in [2.24, 2.45) is 0 Å². The van der Waals surface area contributed by atoms with Crippen molar-refractivity contribution in [1.82, 2.24) is 14.4 Å². The van der Waals surface area contributed by atoms with Gasteiger partial charge in [0.25, 0.3) is 0 Å². The average molecular weight is 406 g/mol. The summed E-state index contributed by atoms with van der Waals surface area (Å²) in [5, 5.41) is 9.23. The number of alkyl halides is 3. The molecule has 0 fully saturated rings. The lowest BCUT2D eigenvalue weighted by atomic mass is 10.2. The van der Waals surface area contributed by atoms with Gasteiger partial charge in [0.05, 0.1) is 16.6 Å². The molecule has 2 aromatic heterocycles. The molecular formula is C19H21F3N4OSi. The van der Waals surface area contributed by atoms with E-state index in [-0.39, 0.29) is 12.1 Å². The Morgan fingerprint density at radius 2 is 2.00 bits per heavy atom. The maximum Gasteiger partial charge on any atom is 0.416 e. The Kier molecular flexibility index (Phi) is 5.36. The fourth-order valence-electron chi connectivity index (χ4n) is 2.68. The van der Waals surface area contributed by atoms with Crippen molar-refractivity contribution in [3.63, 3.8) is 0 Å². The number of benzene rings is 1. The number of aliphatic hydroxyl groups excluding tert-OH is 1. The van der Waals surface area contributed by atoms with E-state index in [1.165, 1.54) is 6.07 Å². The van der Waals surface area contributed by atoms with Crippen LogP contribution in [0.2, 0.25) is 19.6 Å². The molecule has 2 heterocycles. The van der Waals surface area contributed by atoms with Crippen molar-refractivity contribution in [2.45, 2.75) is 32.2 Å². The molecule has 28 heavy (non-hydrogen) atoms. The summed E-state index contributed by atoms with van der Waals surface area (Å²) in [4.78, 5) is 10.5. The number of halogens is 3. The molecule has 0 aliphatic rings. The topological polar surface area (TPSA) is 53.7 Å². The van der Waals surface area contributed by atoms with Crippen molar-refractivity contribution in [1.29, 1.82) is 0 Å². The van der Waals surface area contributed by atoms with E-state index >= 15 is 0 Å². The number of aromatic nitrogens is 3. The fraction of sp³-hybridized carbons (Fsp3) is 0.368. The molecule has 0 saturated heterocycles. The van der Waals surface area contributed by atoms with Gasteiger partial charge in [-0.3, -0.25) is 9.30 Å². The van der Waals surface area contributed by atoms with Gasteiger partial charge in [-0.25, -0.2) is 9.97 Å². The van der Waals surface area contributed by atoms with Gasteiger partial charge in [-0.1, -0.05) is 19.6 Å². The molecule has 0 spiro atoms. The van der Waals surface area contributed by atoms with Gasteiger partial charge in [0, 0.05) is 31.6 Å². The number of rotatable bonds is 4. The zero-order valence-electron chi connectivity index (χ0n) is 15.9. The molecule has 0 amide bonds. The highest BCUT2D eigenvalue weighted by Gasteiger charge is 2.31. The summed E-state index contributed by atoms with van der Waals surface area (Å²) in [6.07, 6.45) is -0.732. The first kappa shape index (κ1) is 20.2. The van der Waals surface area contributed by atoms with Crippen LogP contribution >= 0.6 is 0 Å². The number of hydrogen-bond donors (Lipinski definition) is 1. The highest BCUT2D eigenvalue weighted by atomic mass is 28.3. The van der Waals surface area contributed by atoms with Crippen LogP contribution < -0.4 is 4.90 Å². The molecule has 1 aromatic carbocycles. The second kappa shape index (κ2) is 7.45. The minimum absolute atomic E-state index is 0.0261. The fourth-order valence-corrected chi connectivity index (χ4v) is 3.15. The number of nitrogens with zero attached hydrogens (tertiary/aromatic N) is 4. The molecule has 0 aliphatic carbocycles. The predicted octanol–water partition coefficient (Wildman–Crippen LogP) is 3.93. The van der Waals surface area contributed by atoms with E-state index in [1.807, 2.05) is 0 Å². The SMILES string of the molecule is C[Si](C)(C)C#CN(CCCO)c1nc2cc(C(F)(F)F)ccc2n2ccnc12. The Hall–Kier alpha value is -2.57. The van der Waals surface area contributed by atoms with Gasteiger partial charge in [0.15, 0.2) is 11.5 Å². The lowest BCUT2D eigenvalue weighted by molar-refractivity contribution is -0.137. The van der Waals surface area contributed by atoms with Crippen molar-refractivity contribution in [3.05, 3.63) is 36.2 Å². The smallest absolute Gasteiger partial charge is 0.396 e. The third kappa shape index (κ3) is 4.29. The van der Waals surface area contributed by atoms with E-state index in [2.05, 4.69) is 41.2 Å². The second-order valence-electron chi connectivity index (χ2n) is 7.47. The monoisotopic (exact) mass is 406 g/mol. The zero-order valence-corrected chi connectivity index (χ0v) is 16.9. The third-order valence-corrected chi connectivity index (χ3v) is 4.85. The van der Waals surface area contributed by atoms with E-state index in [0.717, 1.165) is 12.1 Å². The van der Waals surface area contributed by atoms with E-state index in [9.17, 15) is 18.3 Å². The molecule has 0 aliphatic heterocycles. The Morgan fingerprint density at radius 3 is 2.64 bits per heavy atom. The summed E-state index contributed by atoms with van der Waals surface area (Å²) in [5.41, 5.74) is 3.74. The number of hydrogen-bond acceptors (Lipinski definition) is 4. The summed E-state index contributed by atoms with van der Waals surface area (Å²) in [5.74, 6) is 0.385. The van der Waals surface area contributed by atoms with E-state index in [4.69, 9.17) is 0 Å². The van der Waals surface area contributed by atoms with E-state index in [1.54, 1.807) is 21.7 Å². The molecule has 9 heteroatoms. The maximum atomic E-state index is 13.1. The lowest BCUT2D eigenvalue weighted by Crippen LogP contribution is -2.24. The number of anilines is 1. The molecule has 3 rings (SSSR count). The summed E-state index contributed by atoms with van der Waals surface area (Å²) in [6, 6.07) is 6.57. The van der Waals surface area contributed by atoms with Crippen molar-refractivity contribution in [2.75, 3.05) is 18.1 Å². The Bertz CT molecular complexity index is 1060. The van der Waals surface area contributed by atoms with Gasteiger partial charge in [0.1, 0.15) is 8.07 Å². The molecule has 0 saturated carbocycles. The molecule has 0 unspecified atom stereocenters. The van der Waals surface area contributed by atoms with Gasteiger partial charge in [0.2, 0.25) is 0 Å². The number of aliphatic hydroxyl groups is 1. The number of imidazole rings is 1. The van der Waals surface area contributed by atoms with E-state index < -0.39 is 19.8 Å². The Morgan fingerprint density at radius 1 is 1.25 bits per heavy atom. The van der Waals surface area contributed by atoms with Gasteiger partial charge >= 0.3 is 6.18 Å². The summed E-state index contributed by atoms with van der Waals surface area (Å²) in [6.45, 7) is 6.66. The molecular weight excluding hydrogens is 385 g/mol. The molecule has 0 radical (unpaired) electrons. The van der Waals surface area contributed by atoms with E-state index in [0.29, 0.717) is 29.9 Å². The van der Waals surface area contributed by atoms with Crippen LogP contribution in [0.5, 0.6) is 0 Å². The largest absolute Gasteiger partial charge is 0.416 e. The van der Waals surface area contributed by atoms with Crippen LogP contribution in [0.4, 0.5) is 19.0 Å². The van der Waals surface area contributed by atoms with Crippen LogP contribution in [-0.4, -0.2) is 40.7 Å². The molecule has 0 atom stereocenters.